The highest BCUT2D eigenvalue weighted by atomic mass is 16.5. The van der Waals surface area contributed by atoms with Crippen molar-refractivity contribution in [3.63, 3.8) is 0 Å². The zero-order chi connectivity index (χ0) is 14.2. The van der Waals surface area contributed by atoms with E-state index in [1.807, 2.05) is 6.07 Å². The van der Waals surface area contributed by atoms with Gasteiger partial charge >= 0.3 is 11.7 Å². The van der Waals surface area contributed by atoms with E-state index < -0.39 is 11.6 Å². The van der Waals surface area contributed by atoms with Crippen LogP contribution in [0.5, 0.6) is 0 Å². The minimum absolute atomic E-state index is 0.153. The number of aryl methyl sites for hydroxylation is 1. The molecule has 0 aliphatic carbocycles. The van der Waals surface area contributed by atoms with Gasteiger partial charge in [0.25, 0.3) is 0 Å². The number of hydrogen-bond donors (Lipinski definition) is 1. The highest BCUT2D eigenvalue weighted by Crippen LogP contribution is 2.15. The van der Waals surface area contributed by atoms with Crippen molar-refractivity contribution in [2.75, 3.05) is 7.11 Å². The highest BCUT2D eigenvalue weighted by molar-refractivity contribution is 5.80. The van der Waals surface area contributed by atoms with Gasteiger partial charge in [0.1, 0.15) is 0 Å². The monoisotopic (exact) mass is 264 g/mol. The van der Waals surface area contributed by atoms with Crippen LogP contribution >= 0.6 is 0 Å². The summed E-state index contributed by atoms with van der Waals surface area (Å²) in [5.74, 6) is -0.771. The summed E-state index contributed by atoms with van der Waals surface area (Å²) in [6.45, 7) is 1.17. The Hall–Kier alpha value is -2.08. The zero-order valence-corrected chi connectivity index (χ0v) is 11.1. The molecule has 1 atom stereocenters. The molecule has 2 aromatic rings. The Morgan fingerprint density at radius 2 is 1.95 bits per heavy atom. The van der Waals surface area contributed by atoms with E-state index in [-0.39, 0.29) is 12.2 Å². The van der Waals surface area contributed by atoms with E-state index in [0.717, 1.165) is 5.52 Å². The van der Waals surface area contributed by atoms with Gasteiger partial charge in [-0.25, -0.2) is 9.59 Å². The summed E-state index contributed by atoms with van der Waals surface area (Å²) in [5.41, 5.74) is -0.624. The van der Waals surface area contributed by atoms with Crippen molar-refractivity contribution in [3.8, 4) is 0 Å². The number of para-hydroxylation sites is 2. The largest absolute Gasteiger partial charge is 0.467 e. The molecule has 0 aliphatic heterocycles. The fraction of sp³-hybridized carbons (Fsp3) is 0.385. The molecular formula is C13H16N2O4. The molecule has 0 aliphatic rings. The van der Waals surface area contributed by atoms with Crippen LogP contribution in [0.15, 0.2) is 29.1 Å². The van der Waals surface area contributed by atoms with Gasteiger partial charge in [-0.1, -0.05) is 12.1 Å². The Balaban J connectivity index is 2.55. The first-order chi connectivity index (χ1) is 8.88. The lowest BCUT2D eigenvalue weighted by molar-refractivity contribution is -0.161. The van der Waals surface area contributed by atoms with Crippen LogP contribution in [-0.4, -0.2) is 32.9 Å². The van der Waals surface area contributed by atoms with E-state index in [9.17, 15) is 14.7 Å². The van der Waals surface area contributed by atoms with E-state index in [0.29, 0.717) is 5.52 Å². The number of aliphatic hydroxyl groups is 1. The minimum atomic E-state index is -1.75. The standard InChI is InChI=1S/C13H16N2O4/c1-13(18,11(16)19-3)8-15-10-7-5-4-6-9(10)14(2)12(15)17/h4-7,18H,8H2,1-3H3. The molecule has 0 fully saturated rings. The lowest BCUT2D eigenvalue weighted by Gasteiger charge is -2.20. The fourth-order valence-electron chi connectivity index (χ4n) is 2.11. The predicted molar refractivity (Wildman–Crippen MR) is 69.8 cm³/mol. The van der Waals surface area contributed by atoms with Crippen molar-refractivity contribution in [2.24, 2.45) is 7.05 Å². The second-order valence-electron chi connectivity index (χ2n) is 4.68. The third kappa shape index (κ3) is 2.15. The van der Waals surface area contributed by atoms with Crippen LogP contribution in [0.2, 0.25) is 0 Å². The maximum atomic E-state index is 12.1. The van der Waals surface area contributed by atoms with Crippen LogP contribution in [-0.2, 0) is 23.1 Å². The lowest BCUT2D eigenvalue weighted by atomic mass is 10.1. The molecule has 1 aromatic carbocycles. The van der Waals surface area contributed by atoms with Gasteiger partial charge in [0.2, 0.25) is 0 Å². The van der Waals surface area contributed by atoms with Gasteiger partial charge in [-0.3, -0.25) is 9.13 Å². The first kappa shape index (κ1) is 13.4. The molecule has 1 N–H and O–H groups in total. The van der Waals surface area contributed by atoms with Crippen molar-refractivity contribution < 1.29 is 14.6 Å². The number of fused-ring (bicyclic) bond motifs is 1. The number of carbonyl (C=O) groups excluding carboxylic acids is 1. The Morgan fingerprint density at radius 3 is 2.53 bits per heavy atom. The molecule has 0 radical (unpaired) electrons. The molecule has 0 amide bonds. The molecule has 0 saturated carbocycles. The first-order valence-corrected chi connectivity index (χ1v) is 5.83. The molecule has 0 spiro atoms. The average molecular weight is 264 g/mol. The van der Waals surface area contributed by atoms with Gasteiger partial charge in [-0.2, -0.15) is 0 Å². The Labute approximate surface area is 109 Å². The first-order valence-electron chi connectivity index (χ1n) is 5.83. The molecule has 19 heavy (non-hydrogen) atoms. The Kier molecular flexibility index (Phi) is 3.20. The number of aromatic nitrogens is 2. The smallest absolute Gasteiger partial charge is 0.339 e. The normalized spacial score (nSPS) is 14.3. The van der Waals surface area contributed by atoms with Crippen molar-refractivity contribution in [1.29, 1.82) is 0 Å². The lowest BCUT2D eigenvalue weighted by Crippen LogP contribution is -2.43. The predicted octanol–water partition coefficient (Wildman–Crippen LogP) is 0.264. The van der Waals surface area contributed by atoms with Crippen molar-refractivity contribution in [3.05, 3.63) is 34.7 Å². The van der Waals surface area contributed by atoms with Crippen molar-refractivity contribution >= 4 is 17.0 Å². The average Bonchev–Trinajstić information content (AvgIpc) is 2.63. The fourth-order valence-corrected chi connectivity index (χ4v) is 2.11. The number of methoxy groups -OCH3 is 1. The molecule has 1 aromatic heterocycles. The minimum Gasteiger partial charge on any atom is -0.467 e. The third-order valence-corrected chi connectivity index (χ3v) is 3.14. The highest BCUT2D eigenvalue weighted by Gasteiger charge is 2.33. The van der Waals surface area contributed by atoms with Crippen LogP contribution in [0.3, 0.4) is 0 Å². The van der Waals surface area contributed by atoms with Gasteiger partial charge in [-0.15, -0.1) is 0 Å². The van der Waals surface area contributed by atoms with E-state index in [1.165, 1.54) is 23.2 Å². The van der Waals surface area contributed by atoms with Crippen LogP contribution in [0, 0.1) is 0 Å². The van der Waals surface area contributed by atoms with Gasteiger partial charge in [0, 0.05) is 7.05 Å². The number of rotatable bonds is 3. The van der Waals surface area contributed by atoms with Crippen LogP contribution in [0.4, 0.5) is 0 Å². The number of nitrogens with zero attached hydrogens (tertiary/aromatic N) is 2. The molecular weight excluding hydrogens is 248 g/mol. The van der Waals surface area contributed by atoms with Gasteiger partial charge in [0.15, 0.2) is 5.60 Å². The van der Waals surface area contributed by atoms with Gasteiger partial charge < -0.3 is 9.84 Å². The zero-order valence-electron chi connectivity index (χ0n) is 11.1. The topological polar surface area (TPSA) is 73.5 Å². The second-order valence-corrected chi connectivity index (χ2v) is 4.68. The molecule has 1 unspecified atom stereocenters. The van der Waals surface area contributed by atoms with E-state index in [1.54, 1.807) is 25.2 Å². The molecule has 0 saturated heterocycles. The molecule has 6 heteroatoms. The summed E-state index contributed by atoms with van der Waals surface area (Å²) in [4.78, 5) is 23.6. The third-order valence-electron chi connectivity index (χ3n) is 3.14. The van der Waals surface area contributed by atoms with Crippen molar-refractivity contribution in [2.45, 2.75) is 19.1 Å². The van der Waals surface area contributed by atoms with E-state index in [2.05, 4.69) is 4.74 Å². The molecule has 102 valence electrons. The van der Waals surface area contributed by atoms with Gasteiger partial charge in [0.05, 0.1) is 24.7 Å². The molecule has 6 nitrogen and oxygen atoms in total. The number of esters is 1. The quantitative estimate of drug-likeness (QED) is 0.807. The van der Waals surface area contributed by atoms with E-state index >= 15 is 0 Å². The summed E-state index contributed by atoms with van der Waals surface area (Å²) in [7, 11) is 2.84. The summed E-state index contributed by atoms with van der Waals surface area (Å²) >= 11 is 0. The molecule has 0 bridgehead atoms. The Morgan fingerprint density at radius 1 is 1.37 bits per heavy atom. The number of benzene rings is 1. The molecule has 2 rings (SSSR count). The number of imidazole rings is 1. The maximum absolute atomic E-state index is 12.1. The summed E-state index contributed by atoms with van der Waals surface area (Å²) < 4.78 is 7.38. The van der Waals surface area contributed by atoms with Crippen LogP contribution in [0.25, 0.3) is 11.0 Å². The Bertz CT molecular complexity index is 681. The van der Waals surface area contributed by atoms with E-state index in [4.69, 9.17) is 0 Å². The molecule has 1 heterocycles. The number of carbonyl (C=O) groups is 1. The number of hydrogen-bond acceptors (Lipinski definition) is 4. The maximum Gasteiger partial charge on any atom is 0.339 e. The summed E-state index contributed by atoms with van der Waals surface area (Å²) in [5, 5.41) is 10.1. The van der Waals surface area contributed by atoms with Crippen LogP contribution < -0.4 is 5.69 Å². The summed E-state index contributed by atoms with van der Waals surface area (Å²) in [6.07, 6.45) is 0. The second kappa shape index (κ2) is 4.55. The SMILES string of the molecule is COC(=O)C(C)(O)Cn1c(=O)n(C)c2ccccc21. The number of ether oxygens (including phenoxy) is 1. The van der Waals surface area contributed by atoms with Gasteiger partial charge in [-0.05, 0) is 19.1 Å². The van der Waals surface area contributed by atoms with Crippen LogP contribution in [0.1, 0.15) is 6.92 Å². The summed E-state index contributed by atoms with van der Waals surface area (Å²) in [6, 6.07) is 7.19. The van der Waals surface area contributed by atoms with Crippen molar-refractivity contribution in [1.82, 2.24) is 9.13 Å².